The summed E-state index contributed by atoms with van der Waals surface area (Å²) in [5.74, 6) is -0.275. The van der Waals surface area contributed by atoms with Crippen LogP contribution in [0.15, 0.2) is 0 Å². The number of hydrogen-bond acceptors (Lipinski definition) is 4. The second-order valence-corrected chi connectivity index (χ2v) is 4.42. The van der Waals surface area contributed by atoms with Crippen LogP contribution < -0.4 is 16.4 Å². The van der Waals surface area contributed by atoms with E-state index in [-0.39, 0.29) is 24.3 Å². The van der Waals surface area contributed by atoms with Gasteiger partial charge in [0.2, 0.25) is 11.8 Å². The van der Waals surface area contributed by atoms with E-state index in [1.54, 1.807) is 0 Å². The average Bonchev–Trinajstić information content (AvgIpc) is 2.54. The molecule has 1 heterocycles. The molecule has 2 unspecified atom stereocenters. The second kappa shape index (κ2) is 8.05. The molecule has 1 fully saturated rings. The Morgan fingerprint density at radius 2 is 2.39 bits per heavy atom. The monoisotopic (exact) mass is 257 g/mol. The van der Waals surface area contributed by atoms with E-state index in [4.69, 9.17) is 10.5 Å². The molecule has 104 valence electrons. The zero-order chi connectivity index (χ0) is 13.4. The van der Waals surface area contributed by atoms with Gasteiger partial charge in [-0.2, -0.15) is 0 Å². The molecule has 1 aliphatic heterocycles. The van der Waals surface area contributed by atoms with E-state index in [0.29, 0.717) is 26.1 Å². The van der Waals surface area contributed by atoms with Crippen LogP contribution in [-0.2, 0) is 14.3 Å². The maximum absolute atomic E-state index is 11.8. The maximum atomic E-state index is 11.8. The molecule has 6 nitrogen and oxygen atoms in total. The van der Waals surface area contributed by atoms with Gasteiger partial charge in [-0.15, -0.1) is 0 Å². The molecular formula is C12H23N3O3. The van der Waals surface area contributed by atoms with Gasteiger partial charge in [-0.3, -0.25) is 9.59 Å². The van der Waals surface area contributed by atoms with Gasteiger partial charge in [-0.1, -0.05) is 0 Å². The van der Waals surface area contributed by atoms with Gasteiger partial charge in [0.25, 0.3) is 0 Å². The molecule has 0 saturated carbocycles. The Labute approximate surface area is 108 Å². The third-order valence-corrected chi connectivity index (χ3v) is 2.95. The number of nitrogens with two attached hydrogens (primary N) is 1. The first kappa shape index (κ1) is 14.9. The Bertz CT molecular complexity index is 284. The van der Waals surface area contributed by atoms with E-state index < -0.39 is 6.04 Å². The van der Waals surface area contributed by atoms with Crippen LogP contribution in [0.4, 0.5) is 0 Å². The van der Waals surface area contributed by atoms with Crippen LogP contribution in [0.5, 0.6) is 0 Å². The van der Waals surface area contributed by atoms with Gasteiger partial charge in [0, 0.05) is 19.7 Å². The van der Waals surface area contributed by atoms with Gasteiger partial charge in [0.05, 0.1) is 12.5 Å². The summed E-state index contributed by atoms with van der Waals surface area (Å²) >= 11 is 0. The van der Waals surface area contributed by atoms with Crippen molar-refractivity contribution in [1.29, 1.82) is 0 Å². The maximum Gasteiger partial charge on any atom is 0.242 e. The van der Waals surface area contributed by atoms with Crippen molar-refractivity contribution in [3.05, 3.63) is 0 Å². The van der Waals surface area contributed by atoms with Gasteiger partial charge in [-0.05, 0) is 26.2 Å². The Balaban J connectivity index is 2.39. The van der Waals surface area contributed by atoms with Crippen LogP contribution in [-0.4, -0.2) is 43.7 Å². The largest absolute Gasteiger partial charge is 0.377 e. The molecule has 0 aromatic heterocycles. The molecule has 0 bridgehead atoms. The summed E-state index contributed by atoms with van der Waals surface area (Å²) in [4.78, 5) is 23.4. The van der Waals surface area contributed by atoms with Crippen LogP contribution in [0.1, 0.15) is 32.6 Å². The van der Waals surface area contributed by atoms with Crippen molar-refractivity contribution in [3.63, 3.8) is 0 Å². The van der Waals surface area contributed by atoms with E-state index in [0.717, 1.165) is 12.8 Å². The van der Waals surface area contributed by atoms with Crippen molar-refractivity contribution >= 4 is 11.8 Å². The van der Waals surface area contributed by atoms with E-state index in [1.165, 1.54) is 0 Å². The summed E-state index contributed by atoms with van der Waals surface area (Å²) in [5.41, 5.74) is 5.51. The first-order valence-electron chi connectivity index (χ1n) is 6.56. The van der Waals surface area contributed by atoms with Crippen molar-refractivity contribution < 1.29 is 14.3 Å². The van der Waals surface area contributed by atoms with Crippen LogP contribution in [0.25, 0.3) is 0 Å². The minimum Gasteiger partial charge on any atom is -0.377 e. The zero-order valence-corrected chi connectivity index (χ0v) is 10.9. The van der Waals surface area contributed by atoms with Gasteiger partial charge in [0.1, 0.15) is 6.04 Å². The van der Waals surface area contributed by atoms with E-state index in [1.807, 2.05) is 6.92 Å². The summed E-state index contributed by atoms with van der Waals surface area (Å²) in [6.07, 6.45) is 2.52. The van der Waals surface area contributed by atoms with E-state index >= 15 is 0 Å². The van der Waals surface area contributed by atoms with Gasteiger partial charge < -0.3 is 21.1 Å². The molecule has 0 spiro atoms. The van der Waals surface area contributed by atoms with Crippen LogP contribution >= 0.6 is 0 Å². The topological polar surface area (TPSA) is 93.4 Å². The highest BCUT2D eigenvalue weighted by Gasteiger charge is 2.23. The number of rotatable bonds is 6. The van der Waals surface area contributed by atoms with Crippen molar-refractivity contribution in [1.82, 2.24) is 10.6 Å². The number of hydrogen-bond donors (Lipinski definition) is 3. The average molecular weight is 257 g/mol. The smallest absolute Gasteiger partial charge is 0.242 e. The van der Waals surface area contributed by atoms with Crippen LogP contribution in [0.2, 0.25) is 0 Å². The molecule has 18 heavy (non-hydrogen) atoms. The Hall–Kier alpha value is -1.14. The lowest BCUT2D eigenvalue weighted by molar-refractivity contribution is -0.130. The lowest BCUT2D eigenvalue weighted by Crippen LogP contribution is -2.46. The van der Waals surface area contributed by atoms with Gasteiger partial charge in [-0.25, -0.2) is 0 Å². The van der Waals surface area contributed by atoms with E-state index in [9.17, 15) is 9.59 Å². The highest BCUT2D eigenvalue weighted by molar-refractivity contribution is 5.87. The van der Waals surface area contributed by atoms with Crippen molar-refractivity contribution in [2.75, 3.05) is 19.7 Å². The molecule has 1 rings (SSSR count). The third kappa shape index (κ3) is 5.01. The first-order chi connectivity index (χ1) is 8.67. The lowest BCUT2D eigenvalue weighted by atomic mass is 10.1. The molecule has 2 amide bonds. The quantitative estimate of drug-likeness (QED) is 0.599. The van der Waals surface area contributed by atoms with Gasteiger partial charge >= 0.3 is 0 Å². The van der Waals surface area contributed by atoms with Crippen LogP contribution in [0.3, 0.4) is 0 Å². The lowest BCUT2D eigenvalue weighted by Gasteiger charge is -2.18. The fourth-order valence-corrected chi connectivity index (χ4v) is 1.98. The molecular weight excluding hydrogens is 234 g/mol. The fraction of sp³-hybridized carbons (Fsp3) is 0.833. The predicted molar refractivity (Wildman–Crippen MR) is 67.9 cm³/mol. The zero-order valence-electron chi connectivity index (χ0n) is 10.9. The summed E-state index contributed by atoms with van der Waals surface area (Å²) in [6.45, 7) is 3.38. The van der Waals surface area contributed by atoms with Crippen LogP contribution in [0, 0.1) is 0 Å². The molecule has 2 atom stereocenters. The molecule has 4 N–H and O–H groups in total. The summed E-state index contributed by atoms with van der Waals surface area (Å²) in [5, 5.41) is 5.53. The van der Waals surface area contributed by atoms with E-state index in [2.05, 4.69) is 10.6 Å². The second-order valence-electron chi connectivity index (χ2n) is 4.42. The number of carbonyl (C=O) groups is 2. The fourth-order valence-electron chi connectivity index (χ4n) is 1.98. The Kier molecular flexibility index (Phi) is 6.67. The molecule has 0 aromatic carbocycles. The minimum atomic E-state index is -0.417. The number of ether oxygens (including phenoxy) is 1. The molecule has 0 aliphatic carbocycles. The summed E-state index contributed by atoms with van der Waals surface area (Å²) in [7, 11) is 0. The normalized spacial score (nSPS) is 21.9. The van der Waals surface area contributed by atoms with Crippen molar-refractivity contribution in [2.24, 2.45) is 5.73 Å². The van der Waals surface area contributed by atoms with Crippen molar-refractivity contribution in [3.8, 4) is 0 Å². The number of carbonyl (C=O) groups excluding carboxylic acids is 2. The summed E-state index contributed by atoms with van der Waals surface area (Å²) < 4.78 is 5.32. The highest BCUT2D eigenvalue weighted by atomic mass is 16.5. The SMILES string of the molecule is CCOC(CN)CC(=O)NC1CCCCNC1=O. The Morgan fingerprint density at radius 1 is 1.61 bits per heavy atom. The molecule has 1 saturated heterocycles. The minimum absolute atomic E-state index is 0.0958. The third-order valence-electron chi connectivity index (χ3n) is 2.95. The molecule has 1 aliphatic rings. The highest BCUT2D eigenvalue weighted by Crippen LogP contribution is 2.06. The van der Waals surface area contributed by atoms with Gasteiger partial charge in [0.15, 0.2) is 0 Å². The number of amides is 2. The predicted octanol–water partition coefficient (Wildman–Crippen LogP) is -0.475. The standard InChI is InChI=1S/C12H23N3O3/c1-2-18-9(8-13)7-11(16)15-10-5-3-4-6-14-12(10)17/h9-10H,2-8,13H2,1H3,(H,14,17)(H,15,16). The first-order valence-corrected chi connectivity index (χ1v) is 6.56. The Morgan fingerprint density at radius 3 is 3.06 bits per heavy atom. The number of nitrogens with one attached hydrogen (secondary N) is 2. The molecule has 0 aromatic rings. The van der Waals surface area contributed by atoms with Crippen molar-refractivity contribution in [2.45, 2.75) is 44.8 Å². The molecule has 0 radical (unpaired) electrons. The molecule has 6 heteroatoms. The summed E-state index contributed by atoms with van der Waals surface area (Å²) in [6, 6.07) is -0.417.